The first kappa shape index (κ1) is 16.3. The van der Waals surface area contributed by atoms with Crippen LogP contribution in [0.2, 0.25) is 0 Å². The van der Waals surface area contributed by atoms with Gasteiger partial charge in [-0.25, -0.2) is 0 Å². The molecule has 5 heteroatoms. The monoisotopic (exact) mass is 267 g/mol. The van der Waals surface area contributed by atoms with E-state index in [9.17, 15) is 13.2 Å². The number of aryl methyl sites for hydroxylation is 3. The average molecular weight is 268 g/mol. The van der Waals surface area contributed by atoms with Gasteiger partial charge in [-0.2, -0.15) is 13.2 Å². The minimum Gasteiger partial charge on any atom is -0.324 e. The zero-order valence-electron chi connectivity index (χ0n) is 10.1. The molecule has 1 nitrogen and oxygen atoms in total. The minimum atomic E-state index is -4.22. The van der Waals surface area contributed by atoms with Crippen LogP contribution >= 0.6 is 12.4 Å². The first-order chi connectivity index (χ1) is 7.20. The zero-order valence-corrected chi connectivity index (χ0v) is 10.9. The van der Waals surface area contributed by atoms with E-state index in [0.29, 0.717) is 5.56 Å². The van der Waals surface area contributed by atoms with Crippen LogP contribution in [0.25, 0.3) is 0 Å². The smallest absolute Gasteiger partial charge is 0.324 e. The highest BCUT2D eigenvalue weighted by Crippen LogP contribution is 2.31. The van der Waals surface area contributed by atoms with Gasteiger partial charge in [-0.3, -0.25) is 0 Å². The normalized spacial score (nSPS) is 13.1. The van der Waals surface area contributed by atoms with E-state index in [0.717, 1.165) is 16.7 Å². The first-order valence-corrected chi connectivity index (χ1v) is 5.11. The highest BCUT2D eigenvalue weighted by atomic mass is 35.5. The summed E-state index contributed by atoms with van der Waals surface area (Å²) in [5, 5.41) is 0. The summed E-state index contributed by atoms with van der Waals surface area (Å²) < 4.78 is 36.8. The molecule has 0 unspecified atom stereocenters. The fraction of sp³-hybridized carbons (Fsp3) is 0.500. The van der Waals surface area contributed by atoms with E-state index >= 15 is 0 Å². The van der Waals surface area contributed by atoms with Gasteiger partial charge >= 0.3 is 6.18 Å². The van der Waals surface area contributed by atoms with Gasteiger partial charge in [0.2, 0.25) is 0 Å². The Bertz CT molecular complexity index is 365. The van der Waals surface area contributed by atoms with Crippen molar-refractivity contribution < 1.29 is 13.2 Å². The lowest BCUT2D eigenvalue weighted by molar-refractivity contribution is -0.138. The summed E-state index contributed by atoms with van der Waals surface area (Å²) in [6, 6.07) is 2.75. The molecule has 1 aromatic rings. The number of nitrogens with two attached hydrogens (primary N) is 1. The quantitative estimate of drug-likeness (QED) is 0.862. The highest BCUT2D eigenvalue weighted by molar-refractivity contribution is 5.85. The summed E-state index contributed by atoms with van der Waals surface area (Å²) in [5.41, 5.74) is 8.92. The molecule has 0 aliphatic carbocycles. The molecular weight excluding hydrogens is 251 g/mol. The summed E-state index contributed by atoms with van der Waals surface area (Å²) in [7, 11) is 0. The van der Waals surface area contributed by atoms with Gasteiger partial charge in [0.1, 0.15) is 0 Å². The van der Waals surface area contributed by atoms with Gasteiger partial charge < -0.3 is 5.73 Å². The Labute approximate surface area is 106 Å². The molecule has 0 heterocycles. The third-order valence-corrected chi connectivity index (χ3v) is 2.56. The standard InChI is InChI=1S/C12H16F3N.ClH/c1-7-4-8(2)11(9(3)5-7)10(16)6-12(13,14)15;/h4-5,10H,6,16H2,1-3H3;1H/t10-;/m1./s1. The molecule has 0 aliphatic heterocycles. The molecule has 0 saturated heterocycles. The molecule has 17 heavy (non-hydrogen) atoms. The first-order valence-electron chi connectivity index (χ1n) is 5.11. The van der Waals surface area contributed by atoms with Gasteiger partial charge in [0, 0.05) is 6.04 Å². The van der Waals surface area contributed by atoms with Crippen LogP contribution in [0.4, 0.5) is 13.2 Å². The van der Waals surface area contributed by atoms with Crippen molar-refractivity contribution in [2.45, 2.75) is 39.4 Å². The maximum atomic E-state index is 12.3. The number of halogens is 4. The van der Waals surface area contributed by atoms with Crippen molar-refractivity contribution in [2.75, 3.05) is 0 Å². The number of alkyl halides is 3. The summed E-state index contributed by atoms with van der Waals surface area (Å²) in [5.74, 6) is 0. The number of hydrogen-bond acceptors (Lipinski definition) is 1. The van der Waals surface area contributed by atoms with Gasteiger partial charge in [0.05, 0.1) is 6.42 Å². The molecule has 98 valence electrons. The Morgan fingerprint density at radius 2 is 1.53 bits per heavy atom. The Morgan fingerprint density at radius 3 is 1.88 bits per heavy atom. The van der Waals surface area contributed by atoms with Crippen LogP contribution in [0.5, 0.6) is 0 Å². The van der Waals surface area contributed by atoms with Crippen molar-refractivity contribution in [2.24, 2.45) is 5.73 Å². The largest absolute Gasteiger partial charge is 0.390 e. The van der Waals surface area contributed by atoms with E-state index in [1.165, 1.54) is 0 Å². The molecule has 0 saturated carbocycles. The lowest BCUT2D eigenvalue weighted by Gasteiger charge is -2.19. The minimum absolute atomic E-state index is 0. The van der Waals surface area contributed by atoms with Crippen molar-refractivity contribution in [3.63, 3.8) is 0 Å². The van der Waals surface area contributed by atoms with E-state index in [1.807, 2.05) is 19.1 Å². The molecule has 1 rings (SSSR count). The van der Waals surface area contributed by atoms with Crippen LogP contribution in [0.1, 0.15) is 34.7 Å². The SMILES string of the molecule is Cc1cc(C)c([C@H](N)CC(F)(F)F)c(C)c1.Cl. The molecule has 0 amide bonds. The summed E-state index contributed by atoms with van der Waals surface area (Å²) in [6.07, 6.45) is -5.19. The third kappa shape index (κ3) is 4.56. The van der Waals surface area contributed by atoms with E-state index in [1.54, 1.807) is 13.8 Å². The molecule has 0 aromatic heterocycles. The Morgan fingerprint density at radius 1 is 1.12 bits per heavy atom. The third-order valence-electron chi connectivity index (χ3n) is 2.56. The summed E-state index contributed by atoms with van der Waals surface area (Å²) in [6.45, 7) is 5.51. The maximum Gasteiger partial charge on any atom is 0.390 e. The fourth-order valence-corrected chi connectivity index (χ4v) is 2.13. The fourth-order valence-electron chi connectivity index (χ4n) is 2.13. The molecule has 0 radical (unpaired) electrons. The van der Waals surface area contributed by atoms with Crippen LogP contribution in [0, 0.1) is 20.8 Å². The van der Waals surface area contributed by atoms with Crippen molar-refractivity contribution in [1.29, 1.82) is 0 Å². The average Bonchev–Trinajstić information content (AvgIpc) is 1.96. The molecule has 2 N–H and O–H groups in total. The van der Waals surface area contributed by atoms with Crippen LogP contribution in [-0.2, 0) is 0 Å². The second-order valence-electron chi connectivity index (χ2n) is 4.24. The van der Waals surface area contributed by atoms with Crippen LogP contribution in [0.3, 0.4) is 0 Å². The van der Waals surface area contributed by atoms with Crippen LogP contribution in [0.15, 0.2) is 12.1 Å². The second kappa shape index (κ2) is 5.74. The molecule has 0 spiro atoms. The Kier molecular flexibility index (Phi) is 5.49. The van der Waals surface area contributed by atoms with E-state index < -0.39 is 18.6 Å². The molecule has 1 aromatic carbocycles. The van der Waals surface area contributed by atoms with Gasteiger partial charge in [-0.05, 0) is 37.5 Å². The van der Waals surface area contributed by atoms with E-state index in [-0.39, 0.29) is 12.4 Å². The van der Waals surface area contributed by atoms with Gasteiger partial charge in [-0.15, -0.1) is 12.4 Å². The lowest BCUT2D eigenvalue weighted by atomic mass is 9.93. The molecule has 0 bridgehead atoms. The second-order valence-corrected chi connectivity index (χ2v) is 4.24. The molecule has 0 fully saturated rings. The zero-order chi connectivity index (χ0) is 12.5. The predicted octanol–water partition coefficient (Wildman–Crippen LogP) is 3.99. The number of hydrogen-bond donors (Lipinski definition) is 1. The summed E-state index contributed by atoms with van der Waals surface area (Å²) >= 11 is 0. The topological polar surface area (TPSA) is 26.0 Å². The van der Waals surface area contributed by atoms with Gasteiger partial charge in [0.15, 0.2) is 0 Å². The predicted molar refractivity (Wildman–Crippen MR) is 65.5 cm³/mol. The number of benzene rings is 1. The Balaban J connectivity index is 0.00000256. The molecule has 1 atom stereocenters. The lowest BCUT2D eigenvalue weighted by Crippen LogP contribution is -2.21. The Hall–Kier alpha value is -0.740. The van der Waals surface area contributed by atoms with Gasteiger partial charge in [0.25, 0.3) is 0 Å². The van der Waals surface area contributed by atoms with Crippen LogP contribution in [-0.4, -0.2) is 6.18 Å². The van der Waals surface area contributed by atoms with Crippen molar-refractivity contribution in [3.05, 3.63) is 34.4 Å². The van der Waals surface area contributed by atoms with E-state index in [4.69, 9.17) is 5.73 Å². The maximum absolute atomic E-state index is 12.3. The number of rotatable bonds is 2. The molecule has 0 aliphatic rings. The highest BCUT2D eigenvalue weighted by Gasteiger charge is 2.31. The van der Waals surface area contributed by atoms with Crippen molar-refractivity contribution in [1.82, 2.24) is 0 Å². The van der Waals surface area contributed by atoms with Crippen molar-refractivity contribution >= 4 is 12.4 Å². The summed E-state index contributed by atoms with van der Waals surface area (Å²) in [4.78, 5) is 0. The van der Waals surface area contributed by atoms with E-state index in [2.05, 4.69) is 0 Å². The molecular formula is C12H17ClF3N. The van der Waals surface area contributed by atoms with Crippen molar-refractivity contribution in [3.8, 4) is 0 Å². The van der Waals surface area contributed by atoms with Gasteiger partial charge in [-0.1, -0.05) is 17.7 Å². The van der Waals surface area contributed by atoms with Crippen LogP contribution < -0.4 is 5.73 Å².